The number of methoxy groups -OCH3 is 1. The van der Waals surface area contributed by atoms with E-state index < -0.39 is 10.0 Å². The molecule has 0 aliphatic heterocycles. The van der Waals surface area contributed by atoms with Gasteiger partial charge in [-0.15, -0.1) is 0 Å². The van der Waals surface area contributed by atoms with Crippen LogP contribution in [0.2, 0.25) is 0 Å². The van der Waals surface area contributed by atoms with Crippen LogP contribution >= 0.6 is 0 Å². The topological polar surface area (TPSA) is 46.6 Å². The predicted molar refractivity (Wildman–Crippen MR) is 109 cm³/mol. The van der Waals surface area contributed by atoms with Crippen LogP contribution in [0.4, 0.5) is 5.69 Å². The standard InChI is InChI=1S/C22H23NO3S/c1-3-18-9-15-22(16-10-18)27(24,25)23(17-19-7-5-4-6-8-19)20-11-13-21(26-2)14-12-20/h4-16H,3,17H2,1-2H3. The molecule has 0 spiro atoms. The lowest BCUT2D eigenvalue weighted by molar-refractivity contribution is 0.415. The van der Waals surface area contributed by atoms with Crippen LogP contribution in [-0.2, 0) is 23.0 Å². The molecule has 0 unspecified atom stereocenters. The first-order valence-corrected chi connectivity index (χ1v) is 10.3. The van der Waals surface area contributed by atoms with Crippen LogP contribution in [-0.4, -0.2) is 15.5 Å². The Morgan fingerprint density at radius 1 is 0.815 bits per heavy atom. The van der Waals surface area contributed by atoms with Gasteiger partial charge in [0.1, 0.15) is 5.75 Å². The number of anilines is 1. The quantitative estimate of drug-likeness (QED) is 0.598. The maximum atomic E-state index is 13.4. The minimum absolute atomic E-state index is 0.255. The summed E-state index contributed by atoms with van der Waals surface area (Å²) in [6.45, 7) is 2.30. The molecule has 27 heavy (non-hydrogen) atoms. The van der Waals surface area contributed by atoms with Crippen molar-refractivity contribution in [1.29, 1.82) is 0 Å². The van der Waals surface area contributed by atoms with Gasteiger partial charge in [-0.3, -0.25) is 4.31 Å². The van der Waals surface area contributed by atoms with Crippen LogP contribution in [0.15, 0.2) is 83.8 Å². The number of sulfonamides is 1. The molecule has 3 aromatic carbocycles. The zero-order valence-electron chi connectivity index (χ0n) is 15.5. The van der Waals surface area contributed by atoms with Gasteiger partial charge in [0.15, 0.2) is 0 Å². The summed E-state index contributed by atoms with van der Waals surface area (Å²) in [5.74, 6) is 0.683. The third kappa shape index (κ3) is 4.31. The lowest BCUT2D eigenvalue weighted by Gasteiger charge is -2.25. The summed E-state index contributed by atoms with van der Waals surface area (Å²) in [5.41, 5.74) is 2.62. The van der Waals surface area contributed by atoms with Crippen molar-refractivity contribution in [2.45, 2.75) is 24.8 Å². The van der Waals surface area contributed by atoms with Gasteiger partial charge in [0.2, 0.25) is 0 Å². The first kappa shape index (κ1) is 19.0. The highest BCUT2D eigenvalue weighted by molar-refractivity contribution is 7.92. The molecular formula is C22H23NO3S. The summed E-state index contributed by atoms with van der Waals surface area (Å²) in [6, 6.07) is 23.7. The van der Waals surface area contributed by atoms with Gasteiger partial charge in [0.25, 0.3) is 10.0 Å². The minimum atomic E-state index is -3.70. The van der Waals surface area contributed by atoms with Crippen molar-refractivity contribution >= 4 is 15.7 Å². The average Bonchev–Trinajstić information content (AvgIpc) is 2.73. The molecule has 0 bridgehead atoms. The highest BCUT2D eigenvalue weighted by Crippen LogP contribution is 2.28. The van der Waals surface area contributed by atoms with Gasteiger partial charge < -0.3 is 4.74 Å². The third-order valence-corrected chi connectivity index (χ3v) is 6.24. The van der Waals surface area contributed by atoms with Gasteiger partial charge in [-0.05, 0) is 53.9 Å². The fourth-order valence-corrected chi connectivity index (χ4v) is 4.29. The highest BCUT2D eigenvalue weighted by Gasteiger charge is 2.25. The summed E-state index contributed by atoms with van der Waals surface area (Å²) < 4.78 is 33.4. The molecule has 3 rings (SSSR count). The van der Waals surface area contributed by atoms with E-state index in [1.54, 1.807) is 43.5 Å². The van der Waals surface area contributed by atoms with Crippen LogP contribution in [0.1, 0.15) is 18.1 Å². The number of aryl methyl sites for hydroxylation is 1. The second-order valence-corrected chi connectivity index (χ2v) is 8.06. The Morgan fingerprint density at radius 3 is 2.00 bits per heavy atom. The Balaban J connectivity index is 2.03. The van der Waals surface area contributed by atoms with Crippen molar-refractivity contribution < 1.29 is 13.2 Å². The average molecular weight is 381 g/mol. The fraction of sp³-hybridized carbons (Fsp3) is 0.182. The SMILES string of the molecule is CCc1ccc(S(=O)(=O)N(Cc2ccccc2)c2ccc(OC)cc2)cc1. The van der Waals surface area contributed by atoms with Crippen LogP contribution in [0.5, 0.6) is 5.75 Å². The summed E-state index contributed by atoms with van der Waals surface area (Å²) in [6.07, 6.45) is 0.868. The molecule has 5 heteroatoms. The maximum Gasteiger partial charge on any atom is 0.264 e. The van der Waals surface area contributed by atoms with Gasteiger partial charge >= 0.3 is 0 Å². The zero-order valence-corrected chi connectivity index (χ0v) is 16.3. The Kier molecular flexibility index (Phi) is 5.81. The Labute approximate surface area is 161 Å². The molecule has 0 amide bonds. The van der Waals surface area contributed by atoms with Crippen LogP contribution in [0, 0.1) is 0 Å². The molecule has 0 aromatic heterocycles. The molecular weight excluding hydrogens is 358 g/mol. The van der Waals surface area contributed by atoms with E-state index in [9.17, 15) is 8.42 Å². The molecule has 0 atom stereocenters. The summed E-state index contributed by atoms with van der Waals surface area (Å²) in [5, 5.41) is 0. The number of hydrogen-bond donors (Lipinski definition) is 0. The van der Waals surface area contributed by atoms with Gasteiger partial charge in [-0.2, -0.15) is 0 Å². The van der Waals surface area contributed by atoms with E-state index in [1.807, 2.05) is 49.4 Å². The molecule has 3 aromatic rings. The van der Waals surface area contributed by atoms with Crippen molar-refractivity contribution in [2.75, 3.05) is 11.4 Å². The molecule has 4 nitrogen and oxygen atoms in total. The summed E-state index contributed by atoms with van der Waals surface area (Å²) in [7, 11) is -2.12. The first-order valence-electron chi connectivity index (χ1n) is 8.84. The fourth-order valence-electron chi connectivity index (χ4n) is 2.84. The minimum Gasteiger partial charge on any atom is -0.497 e. The number of ether oxygens (including phenoxy) is 1. The van der Waals surface area contributed by atoms with Gasteiger partial charge in [-0.1, -0.05) is 49.4 Å². The molecule has 0 N–H and O–H groups in total. The zero-order chi connectivity index (χ0) is 19.3. The summed E-state index contributed by atoms with van der Waals surface area (Å²) >= 11 is 0. The first-order chi connectivity index (χ1) is 13.0. The van der Waals surface area contributed by atoms with Crippen molar-refractivity contribution in [3.05, 3.63) is 90.0 Å². The molecule has 0 aliphatic rings. The van der Waals surface area contributed by atoms with Gasteiger partial charge in [-0.25, -0.2) is 8.42 Å². The van der Waals surface area contributed by atoms with Crippen molar-refractivity contribution in [3.8, 4) is 5.75 Å². The van der Waals surface area contributed by atoms with Crippen molar-refractivity contribution in [1.82, 2.24) is 0 Å². The summed E-state index contributed by atoms with van der Waals surface area (Å²) in [4.78, 5) is 0.284. The van der Waals surface area contributed by atoms with E-state index in [0.717, 1.165) is 17.5 Å². The Morgan fingerprint density at radius 2 is 1.44 bits per heavy atom. The normalized spacial score (nSPS) is 11.2. The number of benzene rings is 3. The van der Waals surface area contributed by atoms with Gasteiger partial charge in [0.05, 0.1) is 24.2 Å². The van der Waals surface area contributed by atoms with E-state index >= 15 is 0 Å². The Bertz CT molecular complexity index is 966. The predicted octanol–water partition coefficient (Wildman–Crippen LogP) is 4.65. The van der Waals surface area contributed by atoms with E-state index in [0.29, 0.717) is 11.4 Å². The van der Waals surface area contributed by atoms with E-state index in [2.05, 4.69) is 0 Å². The molecule has 0 saturated carbocycles. The molecule has 0 radical (unpaired) electrons. The second-order valence-electron chi connectivity index (χ2n) is 6.19. The largest absolute Gasteiger partial charge is 0.497 e. The van der Waals surface area contributed by atoms with E-state index in [1.165, 1.54) is 4.31 Å². The van der Waals surface area contributed by atoms with Crippen molar-refractivity contribution in [3.63, 3.8) is 0 Å². The second kappa shape index (κ2) is 8.27. The molecule has 0 fully saturated rings. The van der Waals surface area contributed by atoms with Crippen LogP contribution in [0.25, 0.3) is 0 Å². The molecule has 0 saturated heterocycles. The molecule has 140 valence electrons. The monoisotopic (exact) mass is 381 g/mol. The van der Waals surface area contributed by atoms with Gasteiger partial charge in [0, 0.05) is 0 Å². The number of nitrogens with zero attached hydrogens (tertiary/aromatic N) is 1. The van der Waals surface area contributed by atoms with Crippen LogP contribution in [0.3, 0.4) is 0 Å². The van der Waals surface area contributed by atoms with Crippen LogP contribution < -0.4 is 9.04 Å². The Hall–Kier alpha value is -2.79. The highest BCUT2D eigenvalue weighted by atomic mass is 32.2. The molecule has 0 heterocycles. The maximum absolute atomic E-state index is 13.4. The lowest BCUT2D eigenvalue weighted by Crippen LogP contribution is -2.30. The molecule has 0 aliphatic carbocycles. The lowest BCUT2D eigenvalue weighted by atomic mass is 10.2. The van der Waals surface area contributed by atoms with E-state index in [-0.39, 0.29) is 11.4 Å². The number of rotatable bonds is 7. The number of hydrogen-bond acceptors (Lipinski definition) is 3. The third-order valence-electron chi connectivity index (χ3n) is 4.45. The smallest absolute Gasteiger partial charge is 0.264 e. The van der Waals surface area contributed by atoms with Crippen molar-refractivity contribution in [2.24, 2.45) is 0 Å². The van der Waals surface area contributed by atoms with E-state index in [4.69, 9.17) is 4.74 Å².